The average molecular weight is 346 g/mol. The van der Waals surface area contributed by atoms with Crippen LogP contribution in [0.1, 0.15) is 12.0 Å². The van der Waals surface area contributed by atoms with E-state index in [-0.39, 0.29) is 12.1 Å². The minimum Gasteiger partial charge on any atom is -0.375 e. The number of amides is 3. The minimum absolute atomic E-state index is 0.0855. The summed E-state index contributed by atoms with van der Waals surface area (Å²) in [5, 5.41) is 12.8. The average Bonchev–Trinajstić information content (AvgIpc) is 2.44. The first-order chi connectivity index (χ1) is 10.7. The van der Waals surface area contributed by atoms with Crippen molar-refractivity contribution in [3.8, 4) is 6.07 Å². The summed E-state index contributed by atoms with van der Waals surface area (Å²) in [5.41, 5.74) is 3.98. The summed E-state index contributed by atoms with van der Waals surface area (Å²) in [7, 11) is 0. The molecule has 0 spiro atoms. The molecule has 0 saturated carbocycles. The summed E-state index contributed by atoms with van der Waals surface area (Å²) in [6.45, 7) is -0.421. The van der Waals surface area contributed by atoms with Crippen molar-refractivity contribution >= 4 is 29.4 Å². The molecule has 0 aromatic heterocycles. The molecule has 10 heteroatoms. The molecule has 0 heterocycles. The van der Waals surface area contributed by atoms with Gasteiger partial charge in [0.2, 0.25) is 5.91 Å². The molecule has 0 bridgehead atoms. The van der Waals surface area contributed by atoms with E-state index in [1.54, 1.807) is 5.32 Å². The highest BCUT2D eigenvalue weighted by Gasteiger charge is 2.31. The summed E-state index contributed by atoms with van der Waals surface area (Å²) in [4.78, 5) is 22.3. The molecule has 0 radical (unpaired) electrons. The van der Waals surface area contributed by atoms with E-state index in [9.17, 15) is 22.8 Å². The predicted octanol–water partition coefficient (Wildman–Crippen LogP) is 2.32. The van der Waals surface area contributed by atoms with E-state index in [1.165, 1.54) is 17.8 Å². The molecule has 0 unspecified atom stereocenters. The third-order valence-corrected chi connectivity index (χ3v) is 3.56. The number of carbonyl (C=O) groups is 2. The highest BCUT2D eigenvalue weighted by atomic mass is 32.2. The van der Waals surface area contributed by atoms with Crippen molar-refractivity contribution in [3.05, 3.63) is 23.8 Å². The van der Waals surface area contributed by atoms with Crippen LogP contribution in [0.4, 0.5) is 23.7 Å². The molecule has 0 aliphatic carbocycles. The molecule has 3 amide bonds. The first-order valence-corrected chi connectivity index (χ1v) is 7.26. The molecule has 0 atom stereocenters. The zero-order chi connectivity index (χ0) is 17.5. The van der Waals surface area contributed by atoms with E-state index in [4.69, 9.17) is 11.0 Å². The molecule has 0 aliphatic heterocycles. The third kappa shape index (κ3) is 6.48. The van der Waals surface area contributed by atoms with E-state index < -0.39 is 30.2 Å². The summed E-state index contributed by atoms with van der Waals surface area (Å²) >= 11 is 1.18. The van der Waals surface area contributed by atoms with Crippen LogP contribution in [-0.4, -0.2) is 24.2 Å². The molecular weight excluding hydrogens is 333 g/mol. The molecular formula is C13H13F3N4O2S. The Kier molecular flexibility index (Phi) is 6.71. The van der Waals surface area contributed by atoms with Gasteiger partial charge in [-0.25, -0.2) is 4.79 Å². The number of nitrogens with zero attached hydrogens (tertiary/aromatic N) is 1. The van der Waals surface area contributed by atoms with Crippen molar-refractivity contribution in [3.63, 3.8) is 0 Å². The number of carbonyl (C=O) groups excluding carboxylic acids is 2. The van der Waals surface area contributed by atoms with E-state index >= 15 is 0 Å². The number of thioether (sulfide) groups is 1. The van der Waals surface area contributed by atoms with Gasteiger partial charge in [-0.2, -0.15) is 18.4 Å². The van der Waals surface area contributed by atoms with Gasteiger partial charge in [-0.15, -0.1) is 11.8 Å². The Morgan fingerprint density at radius 3 is 2.61 bits per heavy atom. The SMILES string of the molecule is N#CCCSc1ccc(C(F)(F)F)cc1NCC(=O)NC(N)=O. The molecule has 23 heavy (non-hydrogen) atoms. The van der Waals surface area contributed by atoms with E-state index in [0.29, 0.717) is 10.6 Å². The van der Waals surface area contributed by atoms with Gasteiger partial charge in [0.05, 0.1) is 18.2 Å². The zero-order valence-electron chi connectivity index (χ0n) is 11.7. The Morgan fingerprint density at radius 2 is 2.04 bits per heavy atom. The van der Waals surface area contributed by atoms with Crippen LogP contribution in [0.3, 0.4) is 0 Å². The largest absolute Gasteiger partial charge is 0.416 e. The Hall–Kier alpha value is -2.41. The number of hydrogen-bond acceptors (Lipinski definition) is 5. The number of nitrogens with one attached hydrogen (secondary N) is 2. The molecule has 1 aromatic rings. The first kappa shape index (κ1) is 18.6. The van der Waals surface area contributed by atoms with Gasteiger partial charge in [-0.1, -0.05) is 0 Å². The zero-order valence-corrected chi connectivity index (χ0v) is 12.6. The van der Waals surface area contributed by atoms with Crippen LogP contribution < -0.4 is 16.4 Å². The summed E-state index contributed by atoms with van der Waals surface area (Å²) < 4.78 is 38.3. The fourth-order valence-electron chi connectivity index (χ4n) is 1.53. The lowest BCUT2D eigenvalue weighted by molar-refractivity contribution is -0.137. The van der Waals surface area contributed by atoms with Crippen LogP contribution in [0.15, 0.2) is 23.1 Å². The maximum atomic E-state index is 12.8. The van der Waals surface area contributed by atoms with Crippen molar-refractivity contribution in [1.29, 1.82) is 5.26 Å². The van der Waals surface area contributed by atoms with Crippen molar-refractivity contribution in [2.24, 2.45) is 5.73 Å². The second kappa shape index (κ2) is 8.28. The quantitative estimate of drug-likeness (QED) is 0.541. The monoisotopic (exact) mass is 346 g/mol. The lowest BCUT2D eigenvalue weighted by Crippen LogP contribution is -2.38. The van der Waals surface area contributed by atoms with Crippen LogP contribution in [0.5, 0.6) is 0 Å². The fraction of sp³-hybridized carbons (Fsp3) is 0.308. The fourth-order valence-corrected chi connectivity index (χ4v) is 2.40. The van der Waals surface area contributed by atoms with Gasteiger partial charge in [0.15, 0.2) is 0 Å². The molecule has 0 fully saturated rings. The van der Waals surface area contributed by atoms with Gasteiger partial charge in [0.1, 0.15) is 0 Å². The Morgan fingerprint density at radius 1 is 1.35 bits per heavy atom. The number of nitriles is 1. The van der Waals surface area contributed by atoms with Crippen LogP contribution in [-0.2, 0) is 11.0 Å². The summed E-state index contributed by atoms with van der Waals surface area (Å²) in [5.74, 6) is -0.382. The maximum Gasteiger partial charge on any atom is 0.416 e. The van der Waals surface area contributed by atoms with E-state index in [2.05, 4.69) is 5.32 Å². The third-order valence-electron chi connectivity index (χ3n) is 2.48. The molecule has 124 valence electrons. The van der Waals surface area contributed by atoms with Gasteiger partial charge < -0.3 is 11.1 Å². The van der Waals surface area contributed by atoms with Gasteiger partial charge in [-0.05, 0) is 18.2 Å². The number of nitrogens with two attached hydrogens (primary N) is 1. The van der Waals surface area contributed by atoms with Crippen LogP contribution >= 0.6 is 11.8 Å². The molecule has 0 aliphatic rings. The number of urea groups is 1. The van der Waals surface area contributed by atoms with Gasteiger partial charge in [0, 0.05) is 22.8 Å². The number of halogens is 3. The molecule has 0 saturated heterocycles. The highest BCUT2D eigenvalue weighted by Crippen LogP contribution is 2.35. The smallest absolute Gasteiger partial charge is 0.375 e. The number of primary amides is 1. The molecule has 1 aromatic carbocycles. The highest BCUT2D eigenvalue weighted by molar-refractivity contribution is 7.99. The van der Waals surface area contributed by atoms with Gasteiger partial charge in [-0.3, -0.25) is 10.1 Å². The van der Waals surface area contributed by atoms with E-state index in [0.717, 1.165) is 12.1 Å². The predicted molar refractivity (Wildman–Crippen MR) is 78.6 cm³/mol. The van der Waals surface area contributed by atoms with Crippen molar-refractivity contribution in [2.45, 2.75) is 17.5 Å². The number of benzene rings is 1. The minimum atomic E-state index is -4.53. The number of hydrogen-bond donors (Lipinski definition) is 3. The Bertz CT molecular complexity index is 629. The normalized spacial score (nSPS) is 10.7. The number of anilines is 1. The number of imide groups is 1. The van der Waals surface area contributed by atoms with Crippen molar-refractivity contribution in [1.82, 2.24) is 5.32 Å². The Balaban J connectivity index is 2.91. The van der Waals surface area contributed by atoms with Crippen molar-refractivity contribution in [2.75, 3.05) is 17.6 Å². The number of alkyl halides is 3. The number of rotatable bonds is 6. The lowest BCUT2D eigenvalue weighted by Gasteiger charge is -2.14. The van der Waals surface area contributed by atoms with Gasteiger partial charge >= 0.3 is 12.2 Å². The molecule has 1 rings (SSSR count). The second-order valence-electron chi connectivity index (χ2n) is 4.23. The second-order valence-corrected chi connectivity index (χ2v) is 5.37. The van der Waals surface area contributed by atoms with Crippen LogP contribution in [0.25, 0.3) is 0 Å². The van der Waals surface area contributed by atoms with Gasteiger partial charge in [0.25, 0.3) is 0 Å². The Labute approximate surface area is 134 Å². The maximum absolute atomic E-state index is 12.8. The summed E-state index contributed by atoms with van der Waals surface area (Å²) in [6.07, 6.45) is -4.30. The molecule has 4 N–H and O–H groups in total. The standard InChI is InChI=1S/C13H13F3N4O2S/c14-13(15,16)8-2-3-10(23-5-1-4-17)9(6-8)19-7-11(21)20-12(18)22/h2-3,6,19H,1,5,7H2,(H3,18,20,21,22). The van der Waals surface area contributed by atoms with E-state index in [1.807, 2.05) is 6.07 Å². The van der Waals surface area contributed by atoms with Crippen molar-refractivity contribution < 1.29 is 22.8 Å². The van der Waals surface area contributed by atoms with Crippen LogP contribution in [0.2, 0.25) is 0 Å². The summed E-state index contributed by atoms with van der Waals surface area (Å²) in [6, 6.07) is 3.93. The molecule has 6 nitrogen and oxygen atoms in total. The van der Waals surface area contributed by atoms with Crippen LogP contribution in [0, 0.1) is 11.3 Å². The topological polar surface area (TPSA) is 108 Å². The first-order valence-electron chi connectivity index (χ1n) is 6.28. The lowest BCUT2D eigenvalue weighted by atomic mass is 10.2.